The van der Waals surface area contributed by atoms with E-state index in [0.717, 1.165) is 0 Å². The van der Waals surface area contributed by atoms with Gasteiger partial charge < -0.3 is 10.4 Å². The summed E-state index contributed by atoms with van der Waals surface area (Å²) in [5.41, 5.74) is 1.89. The van der Waals surface area contributed by atoms with Gasteiger partial charge in [-0.15, -0.1) is 5.10 Å². The Labute approximate surface area is 132 Å². The molecule has 23 heavy (non-hydrogen) atoms. The molecule has 0 unspecified atom stereocenters. The van der Waals surface area contributed by atoms with Crippen molar-refractivity contribution in [2.24, 2.45) is 5.14 Å². The monoisotopic (exact) mass is 333 g/mol. The van der Waals surface area contributed by atoms with Crippen LogP contribution < -0.4 is 10.5 Å². The Morgan fingerprint density at radius 1 is 1.26 bits per heavy atom. The normalized spacial score (nSPS) is 11.7. The fourth-order valence-corrected chi connectivity index (χ4v) is 2.74. The highest BCUT2D eigenvalue weighted by Crippen LogP contribution is 2.23. The highest BCUT2D eigenvalue weighted by molar-refractivity contribution is 7.89. The van der Waals surface area contributed by atoms with Crippen LogP contribution in [0.4, 0.5) is 5.82 Å². The zero-order chi connectivity index (χ0) is 16.4. The molecule has 0 bridgehead atoms. The van der Waals surface area contributed by atoms with Crippen LogP contribution in [0, 0.1) is 0 Å². The van der Waals surface area contributed by atoms with Crippen LogP contribution >= 0.6 is 0 Å². The first kappa shape index (κ1) is 15.4. The number of nitrogens with zero attached hydrogens (tertiary/aromatic N) is 3. The van der Waals surface area contributed by atoms with Gasteiger partial charge in [0.15, 0.2) is 5.65 Å². The predicted molar refractivity (Wildman–Crippen MR) is 85.4 cm³/mol. The van der Waals surface area contributed by atoms with E-state index in [0.29, 0.717) is 29.3 Å². The zero-order valence-corrected chi connectivity index (χ0v) is 12.9. The number of aromatic nitrogens is 3. The number of imidazole rings is 1. The van der Waals surface area contributed by atoms with E-state index >= 15 is 0 Å². The van der Waals surface area contributed by atoms with Crippen molar-refractivity contribution >= 4 is 21.5 Å². The summed E-state index contributed by atoms with van der Waals surface area (Å²) < 4.78 is 24.6. The Balaban J connectivity index is 2.09. The number of aliphatic hydroxyl groups excluding tert-OH is 1. The van der Waals surface area contributed by atoms with Crippen molar-refractivity contribution in [1.29, 1.82) is 0 Å². The molecule has 0 aliphatic heterocycles. The number of nitrogens with one attached hydrogen (secondary N) is 1. The summed E-state index contributed by atoms with van der Waals surface area (Å²) in [6.45, 7) is 0.371. The van der Waals surface area contributed by atoms with Crippen LogP contribution in [0.2, 0.25) is 0 Å². The molecule has 3 aromatic rings. The van der Waals surface area contributed by atoms with Gasteiger partial charge >= 0.3 is 0 Å². The fourth-order valence-electron chi connectivity index (χ4n) is 2.18. The van der Waals surface area contributed by atoms with Crippen molar-refractivity contribution in [3.63, 3.8) is 0 Å². The van der Waals surface area contributed by atoms with Crippen molar-refractivity contribution in [1.82, 2.24) is 14.6 Å². The van der Waals surface area contributed by atoms with E-state index in [9.17, 15) is 8.42 Å². The summed E-state index contributed by atoms with van der Waals surface area (Å²) in [4.78, 5) is 4.28. The lowest BCUT2D eigenvalue weighted by molar-refractivity contribution is 0.311. The zero-order valence-electron chi connectivity index (χ0n) is 12.0. The van der Waals surface area contributed by atoms with Gasteiger partial charge in [0.1, 0.15) is 5.82 Å². The topological polar surface area (TPSA) is 123 Å². The molecule has 0 saturated carbocycles. The summed E-state index contributed by atoms with van der Waals surface area (Å²) >= 11 is 0. The molecule has 0 aliphatic rings. The van der Waals surface area contributed by atoms with Gasteiger partial charge in [-0.25, -0.2) is 23.1 Å². The molecule has 0 saturated heterocycles. The Morgan fingerprint density at radius 3 is 2.83 bits per heavy atom. The molecule has 2 heterocycles. The maximum absolute atomic E-state index is 11.5. The molecule has 0 amide bonds. The number of hydrogen-bond acceptors (Lipinski definition) is 6. The summed E-state index contributed by atoms with van der Waals surface area (Å²) in [6, 6.07) is 9.82. The lowest BCUT2D eigenvalue weighted by Gasteiger charge is -2.06. The minimum absolute atomic E-state index is 0.00704. The molecule has 0 radical (unpaired) electrons. The van der Waals surface area contributed by atoms with E-state index < -0.39 is 10.0 Å². The molecule has 8 nitrogen and oxygen atoms in total. The molecule has 3 rings (SSSR count). The van der Waals surface area contributed by atoms with Crippen LogP contribution in [-0.2, 0) is 10.0 Å². The van der Waals surface area contributed by atoms with Gasteiger partial charge in [0.25, 0.3) is 0 Å². The lowest BCUT2D eigenvalue weighted by Crippen LogP contribution is -2.12. The fraction of sp³-hybridized carbons (Fsp3) is 0.143. The van der Waals surface area contributed by atoms with Gasteiger partial charge in [-0.1, -0.05) is 12.1 Å². The van der Waals surface area contributed by atoms with Crippen LogP contribution in [0.1, 0.15) is 0 Å². The lowest BCUT2D eigenvalue weighted by atomic mass is 10.2. The molecular weight excluding hydrogens is 318 g/mol. The Kier molecular flexibility index (Phi) is 3.99. The van der Waals surface area contributed by atoms with E-state index in [1.54, 1.807) is 35.0 Å². The number of sulfonamides is 1. The molecule has 1 aromatic carbocycles. The third-order valence-electron chi connectivity index (χ3n) is 3.24. The summed E-state index contributed by atoms with van der Waals surface area (Å²) in [7, 11) is -3.78. The Morgan fingerprint density at radius 2 is 2.09 bits per heavy atom. The summed E-state index contributed by atoms with van der Waals surface area (Å²) in [5.74, 6) is 0.577. The number of aliphatic hydroxyl groups is 1. The largest absolute Gasteiger partial charge is 0.395 e. The number of anilines is 1. The first-order valence-corrected chi connectivity index (χ1v) is 8.36. The second kappa shape index (κ2) is 5.95. The SMILES string of the molecule is NS(=O)(=O)c1cccc(-c2cnc3ccc(NCCO)nn23)c1. The highest BCUT2D eigenvalue weighted by atomic mass is 32.2. The van der Waals surface area contributed by atoms with E-state index in [2.05, 4.69) is 15.4 Å². The van der Waals surface area contributed by atoms with Crippen molar-refractivity contribution in [3.8, 4) is 11.3 Å². The smallest absolute Gasteiger partial charge is 0.238 e. The van der Waals surface area contributed by atoms with E-state index in [4.69, 9.17) is 10.2 Å². The molecule has 0 aliphatic carbocycles. The molecule has 4 N–H and O–H groups in total. The maximum Gasteiger partial charge on any atom is 0.238 e. The number of benzene rings is 1. The van der Waals surface area contributed by atoms with Gasteiger partial charge in [-0.3, -0.25) is 0 Å². The van der Waals surface area contributed by atoms with Gasteiger partial charge in [-0.05, 0) is 24.3 Å². The van der Waals surface area contributed by atoms with Gasteiger partial charge in [0, 0.05) is 12.1 Å². The van der Waals surface area contributed by atoms with Crippen molar-refractivity contribution in [2.45, 2.75) is 4.90 Å². The average molecular weight is 333 g/mol. The number of nitrogens with two attached hydrogens (primary N) is 1. The van der Waals surface area contributed by atoms with Gasteiger partial charge in [-0.2, -0.15) is 0 Å². The number of primary sulfonamides is 1. The van der Waals surface area contributed by atoms with Crippen molar-refractivity contribution in [3.05, 3.63) is 42.6 Å². The van der Waals surface area contributed by atoms with Crippen LogP contribution in [-0.4, -0.2) is 41.3 Å². The molecular formula is C14H15N5O3S. The van der Waals surface area contributed by atoms with Crippen molar-refractivity contribution in [2.75, 3.05) is 18.5 Å². The molecule has 0 spiro atoms. The van der Waals surface area contributed by atoms with E-state index in [1.165, 1.54) is 12.1 Å². The molecule has 9 heteroatoms. The minimum atomic E-state index is -3.78. The number of rotatable bonds is 5. The Bertz CT molecular complexity index is 952. The average Bonchev–Trinajstić information content (AvgIpc) is 2.95. The number of fused-ring (bicyclic) bond motifs is 1. The minimum Gasteiger partial charge on any atom is -0.395 e. The first-order chi connectivity index (χ1) is 11.0. The summed E-state index contributed by atoms with van der Waals surface area (Å²) in [6.07, 6.45) is 1.61. The van der Waals surface area contributed by atoms with Crippen molar-refractivity contribution < 1.29 is 13.5 Å². The van der Waals surface area contributed by atoms with Gasteiger partial charge in [0.2, 0.25) is 10.0 Å². The molecule has 0 atom stereocenters. The maximum atomic E-state index is 11.5. The highest BCUT2D eigenvalue weighted by Gasteiger charge is 2.12. The van der Waals surface area contributed by atoms with Crippen LogP contribution in [0.15, 0.2) is 47.5 Å². The third-order valence-corrected chi connectivity index (χ3v) is 4.15. The predicted octanol–water partition coefficient (Wildman–Crippen LogP) is 0.448. The Hall–Kier alpha value is -2.49. The molecule has 2 aromatic heterocycles. The van der Waals surface area contributed by atoms with Gasteiger partial charge in [0.05, 0.1) is 23.4 Å². The van der Waals surface area contributed by atoms with E-state index in [-0.39, 0.29) is 11.5 Å². The standard InChI is InChI=1S/C14H15N5O3S/c15-23(21,22)11-3-1-2-10(8-11)12-9-17-14-5-4-13(16-6-7-20)18-19(12)14/h1-5,8-9,20H,6-7H2,(H,16,18)(H2,15,21,22). The molecule has 120 valence electrons. The second-order valence-electron chi connectivity index (χ2n) is 4.86. The van der Waals surface area contributed by atoms with Crippen LogP contribution in [0.3, 0.4) is 0 Å². The number of hydrogen-bond donors (Lipinski definition) is 3. The van der Waals surface area contributed by atoms with Crippen LogP contribution in [0.25, 0.3) is 16.9 Å². The third kappa shape index (κ3) is 3.16. The van der Waals surface area contributed by atoms with Crippen LogP contribution in [0.5, 0.6) is 0 Å². The second-order valence-corrected chi connectivity index (χ2v) is 6.42. The van der Waals surface area contributed by atoms with E-state index in [1.807, 2.05) is 0 Å². The molecule has 0 fully saturated rings. The quantitative estimate of drug-likeness (QED) is 0.623. The first-order valence-electron chi connectivity index (χ1n) is 6.82. The summed E-state index contributed by atoms with van der Waals surface area (Å²) in [5, 5.41) is 21.4.